The van der Waals surface area contributed by atoms with E-state index in [1.165, 1.54) is 25.5 Å². The van der Waals surface area contributed by atoms with Gasteiger partial charge in [0.05, 0.1) is 5.25 Å². The standard InChI is InChI=1S/C14H27NO2S/c1-10-7-8-12(9-11(10)2)15-13-5-4-6-14(13)18(3,16)17/h10-15H,4-9H2,1-3H3. The van der Waals surface area contributed by atoms with E-state index in [1.54, 1.807) is 0 Å². The molecule has 2 saturated carbocycles. The summed E-state index contributed by atoms with van der Waals surface area (Å²) in [5.41, 5.74) is 0. The monoisotopic (exact) mass is 273 g/mol. The largest absolute Gasteiger partial charge is 0.310 e. The predicted octanol–water partition coefficient (Wildman–Crippen LogP) is 2.37. The molecule has 5 atom stereocenters. The van der Waals surface area contributed by atoms with Gasteiger partial charge in [0.25, 0.3) is 0 Å². The second kappa shape index (κ2) is 5.49. The summed E-state index contributed by atoms with van der Waals surface area (Å²) in [6, 6.07) is 0.731. The van der Waals surface area contributed by atoms with Crippen molar-refractivity contribution in [1.82, 2.24) is 5.32 Å². The average Bonchev–Trinajstić information content (AvgIpc) is 2.71. The van der Waals surface area contributed by atoms with Gasteiger partial charge in [0.1, 0.15) is 0 Å². The van der Waals surface area contributed by atoms with E-state index in [1.807, 2.05) is 0 Å². The lowest BCUT2D eigenvalue weighted by molar-refractivity contribution is 0.215. The van der Waals surface area contributed by atoms with Crippen LogP contribution in [0.25, 0.3) is 0 Å². The highest BCUT2D eigenvalue weighted by atomic mass is 32.2. The maximum atomic E-state index is 11.8. The van der Waals surface area contributed by atoms with Gasteiger partial charge in [-0.05, 0) is 43.9 Å². The van der Waals surface area contributed by atoms with E-state index in [-0.39, 0.29) is 11.3 Å². The van der Waals surface area contributed by atoms with E-state index < -0.39 is 9.84 Å². The zero-order valence-electron chi connectivity index (χ0n) is 11.9. The van der Waals surface area contributed by atoms with Crippen molar-refractivity contribution in [2.45, 2.75) is 69.7 Å². The Morgan fingerprint density at radius 1 is 1.00 bits per heavy atom. The van der Waals surface area contributed by atoms with Gasteiger partial charge < -0.3 is 5.32 Å². The lowest BCUT2D eigenvalue weighted by atomic mass is 9.79. The molecule has 0 aliphatic heterocycles. The zero-order chi connectivity index (χ0) is 13.3. The van der Waals surface area contributed by atoms with E-state index >= 15 is 0 Å². The quantitative estimate of drug-likeness (QED) is 0.858. The van der Waals surface area contributed by atoms with Gasteiger partial charge in [0, 0.05) is 18.3 Å². The first-order chi connectivity index (χ1) is 8.38. The first-order valence-corrected chi connectivity index (χ1v) is 9.28. The van der Waals surface area contributed by atoms with Gasteiger partial charge in [-0.2, -0.15) is 0 Å². The number of nitrogens with one attached hydrogen (secondary N) is 1. The number of hydrogen-bond donors (Lipinski definition) is 1. The fourth-order valence-corrected chi connectivity index (χ4v) is 5.04. The molecule has 0 aromatic carbocycles. The molecule has 1 N–H and O–H groups in total. The van der Waals surface area contributed by atoms with Crippen LogP contribution < -0.4 is 5.32 Å². The first-order valence-electron chi connectivity index (χ1n) is 7.33. The second-order valence-electron chi connectivity index (χ2n) is 6.54. The number of rotatable bonds is 3. The predicted molar refractivity (Wildman–Crippen MR) is 75.4 cm³/mol. The molecule has 0 heterocycles. The molecule has 0 aromatic heterocycles. The van der Waals surface area contributed by atoms with Gasteiger partial charge in [-0.3, -0.25) is 0 Å². The van der Waals surface area contributed by atoms with Crippen molar-refractivity contribution in [1.29, 1.82) is 0 Å². The van der Waals surface area contributed by atoms with Gasteiger partial charge in [-0.25, -0.2) is 8.42 Å². The maximum absolute atomic E-state index is 11.8. The van der Waals surface area contributed by atoms with Crippen LogP contribution in [0, 0.1) is 11.8 Å². The van der Waals surface area contributed by atoms with Crippen LogP contribution in [-0.4, -0.2) is 32.0 Å². The Hall–Kier alpha value is -0.0900. The van der Waals surface area contributed by atoms with E-state index in [0.717, 1.165) is 31.1 Å². The zero-order valence-corrected chi connectivity index (χ0v) is 12.7. The summed E-state index contributed by atoms with van der Waals surface area (Å²) in [4.78, 5) is 0. The Balaban J connectivity index is 1.93. The van der Waals surface area contributed by atoms with Crippen LogP contribution in [0.1, 0.15) is 52.4 Å². The molecule has 0 amide bonds. The van der Waals surface area contributed by atoms with Crippen molar-refractivity contribution in [2.24, 2.45) is 11.8 Å². The summed E-state index contributed by atoms with van der Waals surface area (Å²) in [7, 11) is -2.89. The van der Waals surface area contributed by atoms with Crippen molar-refractivity contribution in [3.63, 3.8) is 0 Å². The minimum Gasteiger partial charge on any atom is -0.310 e. The van der Waals surface area contributed by atoms with Crippen molar-refractivity contribution in [2.75, 3.05) is 6.26 Å². The molecule has 106 valence electrons. The fraction of sp³-hybridized carbons (Fsp3) is 1.00. The smallest absolute Gasteiger partial charge is 0.151 e. The lowest BCUT2D eigenvalue weighted by Crippen LogP contribution is -2.47. The second-order valence-corrected chi connectivity index (χ2v) is 8.80. The molecule has 0 aromatic rings. The fourth-order valence-electron chi connectivity index (χ4n) is 3.63. The van der Waals surface area contributed by atoms with Crippen LogP contribution in [0.2, 0.25) is 0 Å². The van der Waals surface area contributed by atoms with Crippen LogP contribution in [0.15, 0.2) is 0 Å². The summed E-state index contributed by atoms with van der Waals surface area (Å²) in [6.45, 7) is 4.65. The molecule has 18 heavy (non-hydrogen) atoms. The van der Waals surface area contributed by atoms with E-state index in [2.05, 4.69) is 19.2 Å². The first kappa shape index (κ1) is 14.3. The molecule has 2 aliphatic rings. The molecule has 2 aliphatic carbocycles. The molecule has 5 unspecified atom stereocenters. The highest BCUT2D eigenvalue weighted by Gasteiger charge is 2.36. The molecular weight excluding hydrogens is 246 g/mol. The Labute approximate surface area is 112 Å². The Morgan fingerprint density at radius 2 is 1.72 bits per heavy atom. The minimum absolute atomic E-state index is 0.146. The third-order valence-electron chi connectivity index (χ3n) is 5.05. The molecule has 0 radical (unpaired) electrons. The summed E-state index contributed by atoms with van der Waals surface area (Å²) in [6.07, 6.45) is 7.99. The molecule has 3 nitrogen and oxygen atoms in total. The van der Waals surface area contributed by atoms with E-state index in [0.29, 0.717) is 6.04 Å². The average molecular weight is 273 g/mol. The van der Waals surface area contributed by atoms with Crippen LogP contribution in [0.5, 0.6) is 0 Å². The highest BCUT2D eigenvalue weighted by Crippen LogP contribution is 2.32. The molecule has 2 fully saturated rings. The van der Waals surface area contributed by atoms with Crippen molar-refractivity contribution < 1.29 is 8.42 Å². The van der Waals surface area contributed by atoms with E-state index in [9.17, 15) is 8.42 Å². The van der Waals surface area contributed by atoms with Gasteiger partial charge in [-0.15, -0.1) is 0 Å². The van der Waals surface area contributed by atoms with Gasteiger partial charge in [-0.1, -0.05) is 20.3 Å². The van der Waals surface area contributed by atoms with Crippen LogP contribution in [-0.2, 0) is 9.84 Å². The topological polar surface area (TPSA) is 46.2 Å². The van der Waals surface area contributed by atoms with Crippen molar-refractivity contribution in [3.05, 3.63) is 0 Å². The Morgan fingerprint density at radius 3 is 2.33 bits per heavy atom. The third-order valence-corrected chi connectivity index (χ3v) is 6.71. The maximum Gasteiger partial charge on any atom is 0.151 e. The van der Waals surface area contributed by atoms with Gasteiger partial charge in [0.15, 0.2) is 9.84 Å². The van der Waals surface area contributed by atoms with Gasteiger partial charge >= 0.3 is 0 Å². The summed E-state index contributed by atoms with van der Waals surface area (Å²) in [5.74, 6) is 1.58. The van der Waals surface area contributed by atoms with Gasteiger partial charge in [0.2, 0.25) is 0 Å². The molecule has 4 heteroatoms. The summed E-state index contributed by atoms with van der Waals surface area (Å²) < 4.78 is 23.5. The Kier molecular flexibility index (Phi) is 4.37. The lowest BCUT2D eigenvalue weighted by Gasteiger charge is -2.35. The number of sulfone groups is 1. The molecule has 0 saturated heterocycles. The minimum atomic E-state index is -2.89. The van der Waals surface area contributed by atoms with Crippen molar-refractivity contribution in [3.8, 4) is 0 Å². The van der Waals surface area contributed by atoms with Crippen LogP contribution in [0.4, 0.5) is 0 Å². The third kappa shape index (κ3) is 3.27. The van der Waals surface area contributed by atoms with Crippen LogP contribution in [0.3, 0.4) is 0 Å². The van der Waals surface area contributed by atoms with Crippen LogP contribution >= 0.6 is 0 Å². The highest BCUT2D eigenvalue weighted by molar-refractivity contribution is 7.91. The molecule has 2 rings (SSSR count). The summed E-state index contributed by atoms with van der Waals surface area (Å²) >= 11 is 0. The number of hydrogen-bond acceptors (Lipinski definition) is 3. The molecule has 0 bridgehead atoms. The SMILES string of the molecule is CC1CCC(NC2CCCC2S(C)(=O)=O)CC1C. The van der Waals surface area contributed by atoms with E-state index in [4.69, 9.17) is 0 Å². The molecular formula is C14H27NO2S. The summed E-state index contributed by atoms with van der Waals surface area (Å²) in [5, 5.41) is 3.50. The Bertz CT molecular complexity index is 379. The van der Waals surface area contributed by atoms with Crippen molar-refractivity contribution >= 4 is 9.84 Å². The molecule has 0 spiro atoms. The normalized spacial score (nSPS) is 42.1.